The lowest BCUT2D eigenvalue weighted by Gasteiger charge is -2.04. The highest BCUT2D eigenvalue weighted by Gasteiger charge is 2.13. The molecule has 1 aliphatic heterocycles. The number of aldehydes is 1. The molecule has 2 aliphatic rings. The molecule has 2 aromatic rings. The van der Waals surface area contributed by atoms with Crippen molar-refractivity contribution in [1.29, 1.82) is 0 Å². The Bertz CT molecular complexity index is 964. The summed E-state index contributed by atoms with van der Waals surface area (Å²) in [6.45, 7) is 7.08. The number of rotatable bonds is 6. The fraction of sp³-hybridized carbons (Fsp3) is 0.481. The van der Waals surface area contributed by atoms with Crippen molar-refractivity contribution in [3.05, 3.63) is 64.1 Å². The molecular formula is C27H39N3O6. The zero-order chi connectivity index (χ0) is 26.8. The average Bonchev–Trinajstić information content (AvgIpc) is 3.52. The smallest absolute Gasteiger partial charge is 0.268 e. The molecular weight excluding hydrogens is 462 g/mol. The molecule has 1 aromatic carbocycles. The number of aromatic amines is 1. The van der Waals surface area contributed by atoms with E-state index in [2.05, 4.69) is 36.4 Å². The van der Waals surface area contributed by atoms with Crippen molar-refractivity contribution in [1.82, 2.24) is 15.6 Å². The number of nitrogens with one attached hydrogen (secondary N) is 3. The van der Waals surface area contributed by atoms with Gasteiger partial charge in [0.1, 0.15) is 17.7 Å². The van der Waals surface area contributed by atoms with Crippen LogP contribution in [0.15, 0.2) is 47.3 Å². The van der Waals surface area contributed by atoms with Crippen LogP contribution in [0.2, 0.25) is 0 Å². The molecule has 1 unspecified atom stereocenters. The van der Waals surface area contributed by atoms with Crippen LogP contribution >= 0.6 is 0 Å². The molecule has 1 saturated carbocycles. The third kappa shape index (κ3) is 15.4. The zero-order valence-corrected chi connectivity index (χ0v) is 21.7. The van der Waals surface area contributed by atoms with E-state index in [1.807, 2.05) is 24.3 Å². The van der Waals surface area contributed by atoms with E-state index in [1.54, 1.807) is 7.11 Å². The topological polar surface area (TPSA) is 130 Å². The zero-order valence-electron chi connectivity index (χ0n) is 21.7. The predicted octanol–water partition coefficient (Wildman–Crippen LogP) is 3.03. The van der Waals surface area contributed by atoms with Gasteiger partial charge in [-0.2, -0.15) is 0 Å². The van der Waals surface area contributed by atoms with Crippen LogP contribution in [-0.4, -0.2) is 56.0 Å². The van der Waals surface area contributed by atoms with Crippen molar-refractivity contribution in [2.75, 3.05) is 26.8 Å². The average molecular weight is 502 g/mol. The summed E-state index contributed by atoms with van der Waals surface area (Å²) in [5.41, 5.74) is 0.930. The molecule has 0 bridgehead atoms. The lowest BCUT2D eigenvalue weighted by molar-refractivity contribution is -0.121. The molecule has 1 aliphatic carbocycles. The quantitative estimate of drug-likeness (QED) is 0.412. The second-order valence-electron chi connectivity index (χ2n) is 8.63. The molecule has 0 radical (unpaired) electrons. The normalized spacial score (nSPS) is 15.4. The Balaban J connectivity index is 0.000000280. The Kier molecular flexibility index (Phi) is 15.2. The minimum atomic E-state index is -0.566. The Morgan fingerprint density at radius 3 is 2.14 bits per heavy atom. The van der Waals surface area contributed by atoms with E-state index in [1.165, 1.54) is 49.4 Å². The minimum absolute atomic E-state index is 0.0701. The third-order valence-corrected chi connectivity index (χ3v) is 5.21. The van der Waals surface area contributed by atoms with E-state index in [-0.39, 0.29) is 18.8 Å². The molecule has 9 nitrogen and oxygen atoms in total. The molecule has 1 aromatic heterocycles. The van der Waals surface area contributed by atoms with Gasteiger partial charge >= 0.3 is 0 Å². The van der Waals surface area contributed by atoms with Crippen LogP contribution in [0.1, 0.15) is 55.6 Å². The Morgan fingerprint density at radius 1 is 1.08 bits per heavy atom. The summed E-state index contributed by atoms with van der Waals surface area (Å²) in [5, 5.41) is 4.55. The van der Waals surface area contributed by atoms with Crippen LogP contribution < -0.4 is 20.9 Å². The fourth-order valence-electron chi connectivity index (χ4n) is 2.95. The molecule has 2 amide bonds. The maximum atomic E-state index is 11.4. The van der Waals surface area contributed by atoms with Gasteiger partial charge < -0.3 is 29.9 Å². The fourth-order valence-corrected chi connectivity index (χ4v) is 2.95. The number of epoxide rings is 1. The second-order valence-corrected chi connectivity index (χ2v) is 8.63. The Labute approximate surface area is 213 Å². The highest BCUT2D eigenvalue weighted by Crippen LogP contribution is 2.22. The van der Waals surface area contributed by atoms with E-state index in [0.717, 1.165) is 18.3 Å². The highest BCUT2D eigenvalue weighted by molar-refractivity contribution is 5.94. The number of aromatic nitrogens is 1. The van der Waals surface area contributed by atoms with Gasteiger partial charge in [0.2, 0.25) is 11.5 Å². The summed E-state index contributed by atoms with van der Waals surface area (Å²) < 4.78 is 9.68. The number of pyridine rings is 1. The van der Waals surface area contributed by atoms with Crippen LogP contribution in [0, 0.1) is 12.8 Å². The van der Waals surface area contributed by atoms with Gasteiger partial charge in [-0.05, 0) is 38.0 Å². The predicted molar refractivity (Wildman–Crippen MR) is 139 cm³/mol. The van der Waals surface area contributed by atoms with Gasteiger partial charge in [0.25, 0.3) is 5.91 Å². The summed E-state index contributed by atoms with van der Waals surface area (Å²) in [6, 6.07) is 12.1. The first-order valence-electron chi connectivity index (χ1n) is 12.1. The standard InChI is InChI=1S/C10H11N3O4.C8H10O.C6H12.C3H6O/c14-5-4-11-9(16)6-12-10(17)7-2-1-3-8(15)13-7;1-7-3-5-8(9-2)6-4-7;1-6-4-2-3-5-6;1-3-2-4-3/h1-3,5H,4,6H2,(H,11,16)(H,12,17)(H,13,15);3-6H,1-2H3;6H,2-5H2,1H3;3H,2H2,1H3. The van der Waals surface area contributed by atoms with Crippen molar-refractivity contribution in [3.8, 4) is 5.75 Å². The first-order valence-corrected chi connectivity index (χ1v) is 12.1. The largest absolute Gasteiger partial charge is 0.497 e. The van der Waals surface area contributed by atoms with Gasteiger partial charge in [-0.25, -0.2) is 0 Å². The molecule has 3 N–H and O–H groups in total. The number of aryl methyl sites for hydroxylation is 1. The van der Waals surface area contributed by atoms with Gasteiger partial charge in [0.15, 0.2) is 0 Å². The number of hydrogen-bond donors (Lipinski definition) is 3. The van der Waals surface area contributed by atoms with E-state index in [0.29, 0.717) is 12.4 Å². The number of carbonyl (C=O) groups is 3. The van der Waals surface area contributed by atoms with Crippen molar-refractivity contribution < 1.29 is 23.9 Å². The lowest BCUT2D eigenvalue weighted by Crippen LogP contribution is -2.38. The third-order valence-electron chi connectivity index (χ3n) is 5.21. The van der Waals surface area contributed by atoms with Crippen molar-refractivity contribution in [2.45, 2.75) is 52.6 Å². The van der Waals surface area contributed by atoms with E-state index in [9.17, 15) is 19.2 Å². The van der Waals surface area contributed by atoms with Gasteiger partial charge in [-0.15, -0.1) is 0 Å². The van der Waals surface area contributed by atoms with Gasteiger partial charge in [-0.1, -0.05) is 56.4 Å². The van der Waals surface area contributed by atoms with E-state index < -0.39 is 17.4 Å². The minimum Gasteiger partial charge on any atom is -0.497 e. The molecule has 9 heteroatoms. The van der Waals surface area contributed by atoms with Crippen LogP contribution in [0.3, 0.4) is 0 Å². The summed E-state index contributed by atoms with van der Waals surface area (Å²) in [5.74, 6) is 0.915. The van der Waals surface area contributed by atoms with Crippen molar-refractivity contribution >= 4 is 18.1 Å². The van der Waals surface area contributed by atoms with Crippen molar-refractivity contribution in [2.24, 2.45) is 5.92 Å². The number of H-pyrrole nitrogens is 1. The number of hydrogen-bond acceptors (Lipinski definition) is 6. The Morgan fingerprint density at radius 2 is 1.69 bits per heavy atom. The van der Waals surface area contributed by atoms with E-state index in [4.69, 9.17) is 9.47 Å². The molecule has 36 heavy (non-hydrogen) atoms. The highest BCUT2D eigenvalue weighted by atomic mass is 16.6. The number of benzene rings is 1. The maximum absolute atomic E-state index is 11.4. The number of methoxy groups -OCH3 is 1. The van der Waals surface area contributed by atoms with Gasteiger partial charge in [0, 0.05) is 6.07 Å². The lowest BCUT2D eigenvalue weighted by atomic mass is 10.2. The van der Waals surface area contributed by atoms with Crippen LogP contribution in [-0.2, 0) is 14.3 Å². The molecule has 4 rings (SSSR count). The molecule has 2 fully saturated rings. The Hall–Kier alpha value is -3.46. The van der Waals surface area contributed by atoms with Crippen LogP contribution in [0.25, 0.3) is 0 Å². The van der Waals surface area contributed by atoms with Crippen LogP contribution in [0.5, 0.6) is 5.75 Å². The summed E-state index contributed by atoms with van der Waals surface area (Å²) >= 11 is 0. The number of carbonyl (C=O) groups excluding carboxylic acids is 3. The summed E-state index contributed by atoms with van der Waals surface area (Å²) in [7, 11) is 1.67. The second kappa shape index (κ2) is 17.9. The van der Waals surface area contributed by atoms with Gasteiger partial charge in [0.05, 0.1) is 32.9 Å². The monoisotopic (exact) mass is 501 g/mol. The molecule has 1 atom stereocenters. The van der Waals surface area contributed by atoms with Crippen molar-refractivity contribution in [3.63, 3.8) is 0 Å². The first kappa shape index (κ1) is 30.6. The van der Waals surface area contributed by atoms with Gasteiger partial charge in [-0.3, -0.25) is 14.4 Å². The number of ether oxygens (including phenoxy) is 2. The molecule has 1 saturated heterocycles. The molecule has 0 spiro atoms. The summed E-state index contributed by atoms with van der Waals surface area (Å²) in [4.78, 5) is 45.7. The number of amides is 2. The summed E-state index contributed by atoms with van der Waals surface area (Å²) in [6.07, 6.45) is 7.07. The first-order chi connectivity index (χ1) is 17.2. The molecule has 2 heterocycles. The maximum Gasteiger partial charge on any atom is 0.268 e. The molecule has 198 valence electrons. The van der Waals surface area contributed by atoms with E-state index >= 15 is 0 Å². The SMILES string of the molecule is CC1CCCC1.CC1CO1.COc1ccc(C)cc1.O=CCNC(=O)CNC(=O)c1cccc(=O)[nH]1. The van der Waals surface area contributed by atoms with Crippen LogP contribution in [0.4, 0.5) is 0 Å².